The maximum absolute atomic E-state index is 4.78. The first-order valence-corrected chi connectivity index (χ1v) is 8.43. The first kappa shape index (κ1) is 14.5. The first-order chi connectivity index (χ1) is 10.2. The van der Waals surface area contributed by atoms with Crippen molar-refractivity contribution in [3.8, 4) is 11.4 Å². The van der Waals surface area contributed by atoms with Crippen LogP contribution in [0.3, 0.4) is 0 Å². The van der Waals surface area contributed by atoms with Gasteiger partial charge in [-0.15, -0.1) is 0 Å². The molecule has 1 fully saturated rings. The van der Waals surface area contributed by atoms with Crippen LogP contribution in [0.25, 0.3) is 11.4 Å². The standard InChI is InChI=1S/C17H20BrN3/c1-3-14-15(18)17(19-4-2)21-16(20-14)13-8-6-5-7-12(13)11-9-10-11/h5-8,11H,3-4,9-10H2,1-2H3,(H,19,20,21). The fraction of sp³-hybridized carbons (Fsp3) is 0.412. The summed E-state index contributed by atoms with van der Waals surface area (Å²) < 4.78 is 0.986. The lowest BCUT2D eigenvalue weighted by atomic mass is 10.0. The van der Waals surface area contributed by atoms with Crippen LogP contribution in [-0.4, -0.2) is 16.5 Å². The summed E-state index contributed by atoms with van der Waals surface area (Å²) in [5.41, 5.74) is 3.63. The van der Waals surface area contributed by atoms with Gasteiger partial charge < -0.3 is 5.32 Å². The molecule has 4 heteroatoms. The van der Waals surface area contributed by atoms with Crippen molar-refractivity contribution in [1.82, 2.24) is 9.97 Å². The topological polar surface area (TPSA) is 37.8 Å². The maximum Gasteiger partial charge on any atom is 0.162 e. The van der Waals surface area contributed by atoms with E-state index in [-0.39, 0.29) is 0 Å². The van der Waals surface area contributed by atoms with Crippen LogP contribution in [0.2, 0.25) is 0 Å². The van der Waals surface area contributed by atoms with Crippen LogP contribution in [0.4, 0.5) is 5.82 Å². The number of benzene rings is 1. The SMILES string of the molecule is CCNc1nc(-c2ccccc2C2CC2)nc(CC)c1Br. The van der Waals surface area contributed by atoms with Crippen molar-refractivity contribution in [2.24, 2.45) is 0 Å². The molecule has 0 amide bonds. The molecule has 0 radical (unpaired) electrons. The van der Waals surface area contributed by atoms with E-state index in [1.807, 2.05) is 0 Å². The summed E-state index contributed by atoms with van der Waals surface area (Å²) in [6.07, 6.45) is 3.46. The van der Waals surface area contributed by atoms with Crippen LogP contribution in [0.1, 0.15) is 43.9 Å². The predicted octanol–water partition coefficient (Wildman–Crippen LogP) is 4.78. The second kappa shape index (κ2) is 6.14. The number of nitrogens with zero attached hydrogens (tertiary/aromatic N) is 2. The van der Waals surface area contributed by atoms with Crippen molar-refractivity contribution < 1.29 is 0 Å². The third kappa shape index (κ3) is 2.95. The largest absolute Gasteiger partial charge is 0.369 e. The second-order valence-electron chi connectivity index (χ2n) is 5.40. The van der Waals surface area contributed by atoms with E-state index in [0.29, 0.717) is 5.92 Å². The van der Waals surface area contributed by atoms with Crippen LogP contribution < -0.4 is 5.32 Å². The van der Waals surface area contributed by atoms with Crippen molar-refractivity contribution >= 4 is 21.7 Å². The van der Waals surface area contributed by atoms with Crippen LogP contribution in [0.5, 0.6) is 0 Å². The Bertz CT molecular complexity index is 650. The van der Waals surface area contributed by atoms with Gasteiger partial charge in [0, 0.05) is 12.1 Å². The third-order valence-corrected chi connectivity index (χ3v) is 4.65. The van der Waals surface area contributed by atoms with Gasteiger partial charge in [-0.3, -0.25) is 0 Å². The summed E-state index contributed by atoms with van der Waals surface area (Å²) in [5.74, 6) is 2.43. The van der Waals surface area contributed by atoms with Gasteiger partial charge in [-0.2, -0.15) is 0 Å². The highest BCUT2D eigenvalue weighted by atomic mass is 79.9. The van der Waals surface area contributed by atoms with Crippen molar-refractivity contribution in [1.29, 1.82) is 0 Å². The Morgan fingerprint density at radius 1 is 1.19 bits per heavy atom. The van der Waals surface area contributed by atoms with Gasteiger partial charge in [-0.25, -0.2) is 9.97 Å². The highest BCUT2D eigenvalue weighted by Gasteiger charge is 2.27. The number of hydrogen-bond donors (Lipinski definition) is 1. The van der Waals surface area contributed by atoms with E-state index < -0.39 is 0 Å². The molecular formula is C17H20BrN3. The van der Waals surface area contributed by atoms with E-state index in [1.165, 1.54) is 24.0 Å². The predicted molar refractivity (Wildman–Crippen MR) is 90.7 cm³/mol. The molecule has 1 aromatic heterocycles. The minimum Gasteiger partial charge on any atom is -0.369 e. The lowest BCUT2D eigenvalue weighted by Crippen LogP contribution is -2.06. The van der Waals surface area contributed by atoms with Gasteiger partial charge in [0.15, 0.2) is 5.82 Å². The van der Waals surface area contributed by atoms with E-state index in [1.54, 1.807) is 0 Å². The molecule has 0 spiro atoms. The Morgan fingerprint density at radius 3 is 2.62 bits per heavy atom. The fourth-order valence-corrected chi connectivity index (χ4v) is 3.18. The molecule has 0 atom stereocenters. The summed E-state index contributed by atoms with van der Waals surface area (Å²) in [7, 11) is 0. The van der Waals surface area contributed by atoms with E-state index >= 15 is 0 Å². The zero-order valence-corrected chi connectivity index (χ0v) is 14.1. The molecule has 1 aliphatic carbocycles. The number of hydrogen-bond acceptors (Lipinski definition) is 3. The molecular weight excluding hydrogens is 326 g/mol. The normalized spacial score (nSPS) is 14.2. The quantitative estimate of drug-likeness (QED) is 0.847. The van der Waals surface area contributed by atoms with Crippen LogP contribution in [-0.2, 0) is 6.42 Å². The Kier molecular flexibility index (Phi) is 4.24. The van der Waals surface area contributed by atoms with Crippen molar-refractivity contribution in [2.75, 3.05) is 11.9 Å². The van der Waals surface area contributed by atoms with Gasteiger partial charge in [-0.1, -0.05) is 31.2 Å². The Labute approximate surface area is 134 Å². The number of halogens is 1. The van der Waals surface area contributed by atoms with Gasteiger partial charge >= 0.3 is 0 Å². The van der Waals surface area contributed by atoms with E-state index in [9.17, 15) is 0 Å². The molecule has 0 saturated heterocycles. The maximum atomic E-state index is 4.78. The van der Waals surface area contributed by atoms with E-state index in [2.05, 4.69) is 59.4 Å². The average Bonchev–Trinajstić information content (AvgIpc) is 3.34. The summed E-state index contributed by atoms with van der Waals surface area (Å²) >= 11 is 3.62. The minimum atomic E-state index is 0.695. The minimum absolute atomic E-state index is 0.695. The number of anilines is 1. The summed E-state index contributed by atoms with van der Waals surface area (Å²) in [6, 6.07) is 8.55. The number of aryl methyl sites for hydroxylation is 1. The van der Waals surface area contributed by atoms with Gasteiger partial charge in [0.1, 0.15) is 5.82 Å². The molecule has 0 aliphatic heterocycles. The lowest BCUT2D eigenvalue weighted by Gasteiger charge is -2.13. The van der Waals surface area contributed by atoms with E-state index in [4.69, 9.17) is 9.97 Å². The zero-order valence-electron chi connectivity index (χ0n) is 12.5. The molecule has 1 N–H and O–H groups in total. The summed E-state index contributed by atoms with van der Waals surface area (Å²) in [5, 5.41) is 3.33. The van der Waals surface area contributed by atoms with Crippen LogP contribution >= 0.6 is 15.9 Å². The van der Waals surface area contributed by atoms with Crippen LogP contribution in [0, 0.1) is 0 Å². The molecule has 0 unspecified atom stereocenters. The third-order valence-electron chi connectivity index (χ3n) is 3.82. The Balaban J connectivity index is 2.11. The first-order valence-electron chi connectivity index (χ1n) is 7.64. The molecule has 21 heavy (non-hydrogen) atoms. The van der Waals surface area contributed by atoms with Crippen LogP contribution in [0.15, 0.2) is 28.7 Å². The fourth-order valence-electron chi connectivity index (χ4n) is 2.58. The van der Waals surface area contributed by atoms with Crippen molar-refractivity contribution in [3.05, 3.63) is 40.0 Å². The smallest absolute Gasteiger partial charge is 0.162 e. The summed E-state index contributed by atoms with van der Waals surface area (Å²) in [4.78, 5) is 9.52. The molecule has 110 valence electrons. The van der Waals surface area contributed by atoms with Gasteiger partial charge in [0.25, 0.3) is 0 Å². The van der Waals surface area contributed by atoms with Gasteiger partial charge in [0.2, 0.25) is 0 Å². The van der Waals surface area contributed by atoms with Crippen molar-refractivity contribution in [2.45, 2.75) is 39.0 Å². The number of nitrogens with one attached hydrogen (secondary N) is 1. The monoisotopic (exact) mass is 345 g/mol. The highest BCUT2D eigenvalue weighted by molar-refractivity contribution is 9.10. The lowest BCUT2D eigenvalue weighted by molar-refractivity contribution is 0.979. The molecule has 1 saturated carbocycles. The Morgan fingerprint density at radius 2 is 1.95 bits per heavy atom. The van der Waals surface area contributed by atoms with Crippen molar-refractivity contribution in [3.63, 3.8) is 0 Å². The van der Waals surface area contributed by atoms with E-state index in [0.717, 1.165) is 34.8 Å². The molecule has 1 heterocycles. The Hall–Kier alpha value is -1.42. The van der Waals surface area contributed by atoms with Gasteiger partial charge in [-0.05, 0) is 53.6 Å². The number of rotatable bonds is 5. The molecule has 3 rings (SSSR count). The summed E-state index contributed by atoms with van der Waals surface area (Å²) in [6.45, 7) is 5.06. The molecule has 0 bridgehead atoms. The molecule has 2 aromatic rings. The second-order valence-corrected chi connectivity index (χ2v) is 6.19. The zero-order chi connectivity index (χ0) is 14.8. The highest BCUT2D eigenvalue weighted by Crippen LogP contribution is 2.44. The average molecular weight is 346 g/mol. The van der Waals surface area contributed by atoms with Gasteiger partial charge in [0.05, 0.1) is 10.2 Å². The molecule has 3 nitrogen and oxygen atoms in total. The molecule has 1 aliphatic rings. The molecule has 1 aromatic carbocycles. The number of aromatic nitrogens is 2.